The van der Waals surface area contributed by atoms with E-state index in [9.17, 15) is 4.79 Å². The summed E-state index contributed by atoms with van der Waals surface area (Å²) in [6, 6.07) is 37.7. The minimum absolute atomic E-state index is 0.0565. The van der Waals surface area contributed by atoms with Crippen LogP contribution in [0, 0.1) is 0 Å². The molecule has 0 aliphatic carbocycles. The summed E-state index contributed by atoms with van der Waals surface area (Å²) in [5, 5.41) is 3.06. The lowest BCUT2D eigenvalue weighted by molar-refractivity contribution is -0.116. The summed E-state index contributed by atoms with van der Waals surface area (Å²) in [4.78, 5) is 13.2. The number of rotatable bonds is 9. The Balaban J connectivity index is 1.36. The van der Waals surface area contributed by atoms with Crippen molar-refractivity contribution in [2.24, 2.45) is 0 Å². The summed E-state index contributed by atoms with van der Waals surface area (Å²) in [7, 11) is 0. The number of ether oxygens (including phenoxy) is 1. The molecule has 1 amide bonds. The van der Waals surface area contributed by atoms with Gasteiger partial charge >= 0.3 is 0 Å². The zero-order valence-electron chi connectivity index (χ0n) is 18.0. The zero-order chi connectivity index (χ0) is 22.0. The van der Waals surface area contributed by atoms with Gasteiger partial charge in [-0.05, 0) is 53.8 Å². The fourth-order valence-electron chi connectivity index (χ4n) is 3.75. The van der Waals surface area contributed by atoms with Crippen LogP contribution >= 0.6 is 0 Å². The molecule has 160 valence electrons. The Morgan fingerprint density at radius 2 is 1.22 bits per heavy atom. The van der Waals surface area contributed by atoms with Crippen LogP contribution in [0.4, 0.5) is 5.69 Å². The molecule has 0 saturated carbocycles. The van der Waals surface area contributed by atoms with Gasteiger partial charge in [0.2, 0.25) is 5.91 Å². The molecule has 32 heavy (non-hydrogen) atoms. The minimum Gasteiger partial charge on any atom is -0.494 e. The Kier molecular flexibility index (Phi) is 7.33. The van der Waals surface area contributed by atoms with E-state index < -0.39 is 0 Å². The highest BCUT2D eigenvalue weighted by Crippen LogP contribution is 2.26. The molecule has 4 aromatic carbocycles. The van der Waals surface area contributed by atoms with Crippen LogP contribution in [0.1, 0.15) is 29.0 Å². The normalized spacial score (nSPS) is 10.7. The Labute approximate surface area is 189 Å². The Morgan fingerprint density at radius 3 is 1.78 bits per heavy atom. The van der Waals surface area contributed by atoms with E-state index >= 15 is 0 Å². The topological polar surface area (TPSA) is 38.3 Å². The molecule has 0 heterocycles. The van der Waals surface area contributed by atoms with Gasteiger partial charge in [0.1, 0.15) is 5.75 Å². The molecule has 0 radical (unpaired) electrons. The summed E-state index contributed by atoms with van der Waals surface area (Å²) < 4.78 is 5.86. The lowest BCUT2D eigenvalue weighted by atomic mass is 9.90. The van der Waals surface area contributed by atoms with Crippen LogP contribution in [0.3, 0.4) is 0 Å². The quantitative estimate of drug-likeness (QED) is 0.315. The molecule has 0 unspecified atom stereocenters. The predicted octanol–water partition coefficient (Wildman–Crippen LogP) is 6.47. The van der Waals surface area contributed by atoms with Crippen molar-refractivity contribution in [1.82, 2.24) is 0 Å². The molecule has 4 aromatic rings. The molecule has 0 spiro atoms. The van der Waals surface area contributed by atoms with Crippen molar-refractivity contribution in [3.63, 3.8) is 0 Å². The molecule has 1 N–H and O–H groups in total. The average Bonchev–Trinajstić information content (AvgIpc) is 2.85. The summed E-state index contributed by atoms with van der Waals surface area (Å²) >= 11 is 0. The molecule has 0 saturated heterocycles. The number of hydrogen-bond donors (Lipinski definition) is 1. The molecule has 3 heteroatoms. The number of carbonyl (C=O) groups is 1. The van der Waals surface area contributed by atoms with Gasteiger partial charge in [0.05, 0.1) is 12.5 Å². The van der Waals surface area contributed by atoms with Gasteiger partial charge in [0.15, 0.2) is 0 Å². The molecule has 0 aliphatic heterocycles. The Hall–Kier alpha value is -3.85. The highest BCUT2D eigenvalue weighted by atomic mass is 16.5. The van der Waals surface area contributed by atoms with Gasteiger partial charge in [-0.3, -0.25) is 4.79 Å². The molecule has 3 nitrogen and oxygen atoms in total. The maximum absolute atomic E-state index is 13.2. The largest absolute Gasteiger partial charge is 0.494 e. The van der Waals surface area contributed by atoms with Crippen molar-refractivity contribution in [1.29, 1.82) is 0 Å². The first-order chi connectivity index (χ1) is 15.8. The van der Waals surface area contributed by atoms with Crippen LogP contribution in [0.2, 0.25) is 0 Å². The van der Waals surface area contributed by atoms with E-state index in [1.165, 1.54) is 5.56 Å². The van der Waals surface area contributed by atoms with Gasteiger partial charge in [-0.2, -0.15) is 0 Å². The van der Waals surface area contributed by atoms with Crippen molar-refractivity contribution in [2.75, 3.05) is 11.9 Å². The maximum Gasteiger partial charge on any atom is 0.236 e. The molecule has 0 aliphatic rings. The fourth-order valence-corrected chi connectivity index (χ4v) is 3.75. The van der Waals surface area contributed by atoms with E-state index in [2.05, 4.69) is 29.6 Å². The lowest BCUT2D eigenvalue weighted by Crippen LogP contribution is -2.22. The summed E-state index contributed by atoms with van der Waals surface area (Å²) in [6.07, 6.45) is 1.95. The highest BCUT2D eigenvalue weighted by Gasteiger charge is 2.22. The predicted molar refractivity (Wildman–Crippen MR) is 130 cm³/mol. The van der Waals surface area contributed by atoms with E-state index in [-0.39, 0.29) is 11.8 Å². The third kappa shape index (κ3) is 5.86. The smallest absolute Gasteiger partial charge is 0.236 e. The molecule has 0 fully saturated rings. The molecule has 0 atom stereocenters. The van der Waals surface area contributed by atoms with Gasteiger partial charge in [-0.25, -0.2) is 0 Å². The van der Waals surface area contributed by atoms with Crippen LogP contribution in [0.25, 0.3) is 0 Å². The molecular formula is C29H27NO2. The second-order valence-corrected chi connectivity index (χ2v) is 7.71. The number of nitrogens with one attached hydrogen (secondary N) is 1. The van der Waals surface area contributed by atoms with Gasteiger partial charge in [-0.15, -0.1) is 0 Å². The van der Waals surface area contributed by atoms with Gasteiger partial charge in [-0.1, -0.05) is 91.0 Å². The summed E-state index contributed by atoms with van der Waals surface area (Å²) in [5.74, 6) is 0.379. The standard InChI is InChI=1S/C29H27NO2/c31-29(28(24-14-6-2-7-15-24)25-16-8-3-9-17-25)30-26-18-20-27(21-19-26)32-22-10-13-23-11-4-1-5-12-23/h1-9,11-12,14-21,28H,10,13,22H2,(H,30,31). The monoisotopic (exact) mass is 421 g/mol. The maximum atomic E-state index is 13.2. The third-order valence-electron chi connectivity index (χ3n) is 5.37. The van der Waals surface area contributed by atoms with Crippen molar-refractivity contribution in [3.05, 3.63) is 132 Å². The first kappa shape index (κ1) is 21.4. The van der Waals surface area contributed by atoms with Crippen LogP contribution in [-0.4, -0.2) is 12.5 Å². The van der Waals surface area contributed by atoms with Crippen molar-refractivity contribution >= 4 is 11.6 Å². The number of anilines is 1. The molecule has 0 bridgehead atoms. The van der Waals surface area contributed by atoms with Crippen LogP contribution in [0.5, 0.6) is 5.75 Å². The fraction of sp³-hybridized carbons (Fsp3) is 0.138. The number of amides is 1. The Morgan fingerprint density at radius 1 is 0.688 bits per heavy atom. The van der Waals surface area contributed by atoms with E-state index in [0.29, 0.717) is 6.61 Å². The summed E-state index contributed by atoms with van der Waals surface area (Å²) in [6.45, 7) is 0.657. The van der Waals surface area contributed by atoms with E-state index in [4.69, 9.17) is 4.74 Å². The second-order valence-electron chi connectivity index (χ2n) is 7.71. The number of hydrogen-bond acceptors (Lipinski definition) is 2. The zero-order valence-corrected chi connectivity index (χ0v) is 18.0. The molecular weight excluding hydrogens is 394 g/mol. The van der Waals surface area contributed by atoms with E-state index in [1.807, 2.05) is 91.0 Å². The Bertz CT molecular complexity index is 1050. The first-order valence-corrected chi connectivity index (χ1v) is 11.0. The van der Waals surface area contributed by atoms with Gasteiger partial charge in [0.25, 0.3) is 0 Å². The van der Waals surface area contributed by atoms with Crippen LogP contribution in [-0.2, 0) is 11.2 Å². The second kappa shape index (κ2) is 11.0. The van der Waals surface area contributed by atoms with E-state index in [0.717, 1.165) is 35.4 Å². The van der Waals surface area contributed by atoms with E-state index in [1.54, 1.807) is 0 Å². The van der Waals surface area contributed by atoms with Crippen molar-refractivity contribution < 1.29 is 9.53 Å². The van der Waals surface area contributed by atoms with Crippen molar-refractivity contribution in [2.45, 2.75) is 18.8 Å². The van der Waals surface area contributed by atoms with Crippen LogP contribution in [0.15, 0.2) is 115 Å². The number of benzene rings is 4. The molecule has 0 aromatic heterocycles. The lowest BCUT2D eigenvalue weighted by Gasteiger charge is -2.18. The minimum atomic E-state index is -0.369. The van der Waals surface area contributed by atoms with Gasteiger partial charge in [0, 0.05) is 5.69 Å². The van der Waals surface area contributed by atoms with Crippen LogP contribution < -0.4 is 10.1 Å². The number of aryl methyl sites for hydroxylation is 1. The number of carbonyl (C=O) groups excluding carboxylic acids is 1. The third-order valence-corrected chi connectivity index (χ3v) is 5.37. The SMILES string of the molecule is O=C(Nc1ccc(OCCCc2ccccc2)cc1)C(c1ccccc1)c1ccccc1. The average molecular weight is 422 g/mol. The molecule has 4 rings (SSSR count). The summed E-state index contributed by atoms with van der Waals surface area (Å²) in [5.41, 5.74) is 4.01. The first-order valence-electron chi connectivity index (χ1n) is 11.0. The van der Waals surface area contributed by atoms with Crippen molar-refractivity contribution in [3.8, 4) is 5.75 Å². The van der Waals surface area contributed by atoms with Gasteiger partial charge < -0.3 is 10.1 Å². The highest BCUT2D eigenvalue weighted by molar-refractivity contribution is 5.98.